The zero-order chi connectivity index (χ0) is 19.0. The molecule has 3 aromatic rings. The van der Waals surface area contributed by atoms with E-state index in [4.69, 9.17) is 9.47 Å². The maximum atomic E-state index is 13.1. The van der Waals surface area contributed by atoms with Crippen molar-refractivity contribution in [1.82, 2.24) is 20.1 Å². The Morgan fingerprint density at radius 2 is 1.93 bits per heavy atom. The summed E-state index contributed by atoms with van der Waals surface area (Å²) in [5.74, 6) is 1.18. The van der Waals surface area contributed by atoms with Gasteiger partial charge in [-0.2, -0.15) is 0 Å². The molecule has 0 saturated carbocycles. The molecule has 1 aliphatic heterocycles. The van der Waals surface area contributed by atoms with Crippen molar-refractivity contribution < 1.29 is 18.7 Å². The number of hydrogen-bond donors (Lipinski definition) is 1. The van der Waals surface area contributed by atoms with E-state index in [0.717, 1.165) is 5.56 Å². The number of hydrogen-bond acceptors (Lipinski definition) is 5. The van der Waals surface area contributed by atoms with Crippen LogP contribution in [0.5, 0.6) is 11.5 Å². The van der Waals surface area contributed by atoms with Crippen molar-refractivity contribution in [2.45, 2.75) is 19.9 Å². The Balaban J connectivity index is 1.51. The second-order valence-electron chi connectivity index (χ2n) is 6.18. The van der Waals surface area contributed by atoms with Crippen LogP contribution in [0.3, 0.4) is 0 Å². The Morgan fingerprint density at radius 3 is 2.70 bits per heavy atom. The van der Waals surface area contributed by atoms with Crippen LogP contribution in [0.15, 0.2) is 42.5 Å². The minimum atomic E-state index is -0.399. The van der Waals surface area contributed by atoms with Crippen LogP contribution in [-0.4, -0.2) is 27.5 Å². The van der Waals surface area contributed by atoms with Crippen molar-refractivity contribution >= 4 is 5.91 Å². The molecule has 1 atom stereocenters. The molecule has 1 N–H and O–H groups in total. The highest BCUT2D eigenvalue weighted by Gasteiger charge is 2.20. The number of fused-ring (bicyclic) bond motifs is 1. The molecular weight excluding hydrogens is 351 g/mol. The summed E-state index contributed by atoms with van der Waals surface area (Å²) in [5.41, 5.74) is 1.51. The first-order chi connectivity index (χ1) is 13.0. The van der Waals surface area contributed by atoms with Crippen LogP contribution < -0.4 is 14.8 Å². The quantitative estimate of drug-likeness (QED) is 0.766. The van der Waals surface area contributed by atoms with Crippen molar-refractivity contribution in [1.29, 1.82) is 0 Å². The third kappa shape index (κ3) is 3.33. The number of rotatable bonds is 4. The number of carbonyl (C=O) groups is 1. The molecule has 1 aliphatic rings. The summed E-state index contributed by atoms with van der Waals surface area (Å²) in [6.07, 6.45) is 0. The number of nitrogens with zero attached hydrogens (tertiary/aromatic N) is 3. The molecule has 138 valence electrons. The van der Waals surface area contributed by atoms with Gasteiger partial charge in [-0.25, -0.2) is 14.1 Å². The smallest absolute Gasteiger partial charge is 0.291 e. The van der Waals surface area contributed by atoms with E-state index in [-0.39, 0.29) is 24.5 Å². The van der Waals surface area contributed by atoms with Gasteiger partial charge in [0.2, 0.25) is 12.6 Å². The number of aryl methyl sites for hydroxylation is 1. The van der Waals surface area contributed by atoms with E-state index in [2.05, 4.69) is 15.4 Å². The van der Waals surface area contributed by atoms with Gasteiger partial charge in [-0.05, 0) is 55.8 Å². The summed E-state index contributed by atoms with van der Waals surface area (Å²) in [4.78, 5) is 16.8. The average Bonchev–Trinajstić information content (AvgIpc) is 3.28. The topological polar surface area (TPSA) is 78.3 Å². The van der Waals surface area contributed by atoms with Gasteiger partial charge in [0.25, 0.3) is 5.91 Å². The van der Waals surface area contributed by atoms with Gasteiger partial charge in [-0.15, -0.1) is 5.10 Å². The van der Waals surface area contributed by atoms with Gasteiger partial charge in [-0.1, -0.05) is 6.07 Å². The van der Waals surface area contributed by atoms with E-state index in [9.17, 15) is 9.18 Å². The maximum absolute atomic E-state index is 13.1. The van der Waals surface area contributed by atoms with Crippen LogP contribution in [0.2, 0.25) is 0 Å². The maximum Gasteiger partial charge on any atom is 0.291 e. The van der Waals surface area contributed by atoms with Gasteiger partial charge in [0, 0.05) is 0 Å². The van der Waals surface area contributed by atoms with Crippen LogP contribution >= 0.6 is 0 Å². The Labute approximate surface area is 154 Å². The van der Waals surface area contributed by atoms with Crippen LogP contribution in [0.1, 0.15) is 35.0 Å². The highest BCUT2D eigenvalue weighted by molar-refractivity contribution is 5.90. The lowest BCUT2D eigenvalue weighted by Crippen LogP contribution is -2.27. The third-order valence-electron chi connectivity index (χ3n) is 4.29. The molecular formula is C19H17FN4O3. The minimum absolute atomic E-state index is 0.0458. The molecule has 27 heavy (non-hydrogen) atoms. The van der Waals surface area contributed by atoms with E-state index in [1.807, 2.05) is 25.1 Å². The molecule has 1 amide bonds. The molecule has 0 bridgehead atoms. The van der Waals surface area contributed by atoms with Gasteiger partial charge < -0.3 is 14.8 Å². The molecule has 0 unspecified atom stereocenters. The van der Waals surface area contributed by atoms with E-state index in [0.29, 0.717) is 23.0 Å². The van der Waals surface area contributed by atoms with E-state index in [1.54, 1.807) is 19.1 Å². The summed E-state index contributed by atoms with van der Waals surface area (Å²) in [6, 6.07) is 11.1. The first-order valence-electron chi connectivity index (χ1n) is 8.41. The van der Waals surface area contributed by atoms with Gasteiger partial charge in [0.15, 0.2) is 11.5 Å². The number of benzene rings is 2. The highest BCUT2D eigenvalue weighted by atomic mass is 19.1. The lowest BCUT2D eigenvalue weighted by atomic mass is 10.1. The highest BCUT2D eigenvalue weighted by Crippen LogP contribution is 2.34. The molecule has 7 nitrogen and oxygen atoms in total. The SMILES string of the molecule is Cc1nc(C(=O)N[C@@H](C)c2ccc3c(c2)OCO3)nn1-c1ccc(F)cc1. The molecule has 0 aliphatic carbocycles. The average molecular weight is 368 g/mol. The molecule has 2 heterocycles. The number of amides is 1. The van der Waals surface area contributed by atoms with Crippen molar-refractivity contribution in [2.75, 3.05) is 6.79 Å². The molecule has 0 radical (unpaired) electrons. The van der Waals surface area contributed by atoms with E-state index < -0.39 is 5.91 Å². The third-order valence-corrected chi connectivity index (χ3v) is 4.29. The summed E-state index contributed by atoms with van der Waals surface area (Å²) in [6.45, 7) is 3.79. The Hall–Kier alpha value is -3.42. The van der Waals surface area contributed by atoms with Gasteiger partial charge >= 0.3 is 0 Å². The van der Waals surface area contributed by atoms with Crippen molar-refractivity contribution in [2.24, 2.45) is 0 Å². The monoisotopic (exact) mass is 368 g/mol. The normalized spacial score (nSPS) is 13.4. The standard InChI is InChI=1S/C19H17FN4O3/c1-11(13-3-8-16-17(9-13)27-10-26-16)21-19(25)18-22-12(2)24(23-18)15-6-4-14(20)5-7-15/h3-9,11H,10H2,1-2H3,(H,21,25)/t11-/m0/s1. The molecule has 2 aromatic carbocycles. The summed E-state index contributed by atoms with van der Waals surface area (Å²) in [7, 11) is 0. The second-order valence-corrected chi connectivity index (χ2v) is 6.18. The molecule has 0 saturated heterocycles. The summed E-state index contributed by atoms with van der Waals surface area (Å²) in [5, 5.41) is 7.11. The van der Waals surface area contributed by atoms with Gasteiger partial charge in [-0.3, -0.25) is 4.79 Å². The van der Waals surface area contributed by atoms with Crippen LogP contribution in [0, 0.1) is 12.7 Å². The van der Waals surface area contributed by atoms with Crippen LogP contribution in [0.25, 0.3) is 5.69 Å². The first kappa shape index (κ1) is 17.0. The predicted octanol–water partition coefficient (Wildman–Crippen LogP) is 2.93. The van der Waals surface area contributed by atoms with Crippen LogP contribution in [0.4, 0.5) is 4.39 Å². The fourth-order valence-corrected chi connectivity index (χ4v) is 2.84. The molecule has 8 heteroatoms. The number of ether oxygens (including phenoxy) is 2. The van der Waals surface area contributed by atoms with E-state index >= 15 is 0 Å². The van der Waals surface area contributed by atoms with Gasteiger partial charge in [0.05, 0.1) is 11.7 Å². The lowest BCUT2D eigenvalue weighted by Gasteiger charge is -2.13. The van der Waals surface area contributed by atoms with Gasteiger partial charge in [0.1, 0.15) is 11.6 Å². The number of aromatic nitrogens is 3. The fraction of sp³-hybridized carbons (Fsp3) is 0.211. The van der Waals surface area contributed by atoms with Crippen molar-refractivity contribution in [3.63, 3.8) is 0 Å². The van der Waals surface area contributed by atoms with E-state index in [1.165, 1.54) is 16.8 Å². The Morgan fingerprint density at radius 1 is 1.19 bits per heavy atom. The lowest BCUT2D eigenvalue weighted by molar-refractivity contribution is 0.0929. The fourth-order valence-electron chi connectivity index (χ4n) is 2.84. The number of carbonyl (C=O) groups excluding carboxylic acids is 1. The predicted molar refractivity (Wildman–Crippen MR) is 94.5 cm³/mol. The number of nitrogens with one attached hydrogen (secondary N) is 1. The zero-order valence-electron chi connectivity index (χ0n) is 14.8. The summed E-state index contributed by atoms with van der Waals surface area (Å²) < 4.78 is 25.3. The van der Waals surface area contributed by atoms with Crippen LogP contribution in [-0.2, 0) is 0 Å². The molecule has 1 aromatic heterocycles. The summed E-state index contributed by atoms with van der Waals surface area (Å²) >= 11 is 0. The minimum Gasteiger partial charge on any atom is -0.454 e. The number of halogens is 1. The van der Waals surface area contributed by atoms with Crippen molar-refractivity contribution in [3.8, 4) is 17.2 Å². The Bertz CT molecular complexity index is 1000. The molecule has 0 spiro atoms. The largest absolute Gasteiger partial charge is 0.454 e. The first-order valence-corrected chi connectivity index (χ1v) is 8.41. The molecule has 0 fully saturated rings. The zero-order valence-corrected chi connectivity index (χ0v) is 14.8. The van der Waals surface area contributed by atoms with Crippen molar-refractivity contribution in [3.05, 3.63) is 65.5 Å². The second kappa shape index (κ2) is 6.71. The molecule has 4 rings (SSSR count). The Kier molecular flexibility index (Phi) is 4.23.